The summed E-state index contributed by atoms with van der Waals surface area (Å²) in [6.45, 7) is 12.2. The summed E-state index contributed by atoms with van der Waals surface area (Å²) in [5, 5.41) is 39.8. The molecule has 1 aliphatic heterocycles. The lowest BCUT2D eigenvalue weighted by Gasteiger charge is -2.61. The topological polar surface area (TPSA) is 137 Å². The number of hydrogen-bond acceptors (Lipinski definition) is 9. The van der Waals surface area contributed by atoms with Gasteiger partial charge in [-0.3, -0.25) is 14.5 Å². The van der Waals surface area contributed by atoms with Crippen LogP contribution in [0, 0.1) is 52.3 Å². The van der Waals surface area contributed by atoms with Gasteiger partial charge in [0.25, 0.3) is 0 Å². The number of ether oxygens (including phenoxy) is 2. The van der Waals surface area contributed by atoms with E-state index in [1.807, 2.05) is 0 Å². The van der Waals surface area contributed by atoms with Crippen molar-refractivity contribution in [3.8, 4) is 0 Å². The predicted octanol–water partition coefficient (Wildman–Crippen LogP) is 5.10. The summed E-state index contributed by atoms with van der Waals surface area (Å²) in [5.74, 6) is 4.58. The van der Waals surface area contributed by atoms with Gasteiger partial charge in [0.1, 0.15) is 24.9 Å². The van der Waals surface area contributed by atoms with Crippen LogP contribution in [0.5, 0.6) is 0 Å². The van der Waals surface area contributed by atoms with Crippen molar-refractivity contribution in [2.45, 2.75) is 155 Å². The van der Waals surface area contributed by atoms with Crippen LogP contribution in [0.1, 0.15) is 125 Å². The summed E-state index contributed by atoms with van der Waals surface area (Å²) in [4.78, 5) is 26.9. The van der Waals surface area contributed by atoms with Gasteiger partial charge in [-0.2, -0.15) is 0 Å². The minimum absolute atomic E-state index is 0.0501. The smallest absolute Gasteiger partial charge is 0.306 e. The molecule has 4 N–H and O–H groups in total. The van der Waals surface area contributed by atoms with Gasteiger partial charge in [0.2, 0.25) is 0 Å². The fraction of sp³-hybridized carbons (Fsp3) is 0.949. The fourth-order valence-corrected chi connectivity index (χ4v) is 11.8. The molecule has 276 valence electrons. The minimum atomic E-state index is -1.36. The highest BCUT2D eigenvalue weighted by Gasteiger charge is 2.60. The maximum absolute atomic E-state index is 12.8. The minimum Gasteiger partial charge on any atom is -0.464 e. The summed E-state index contributed by atoms with van der Waals surface area (Å²) in [5.41, 5.74) is 0.809. The number of β-amino-alcohol motifs (C(OH)–C–C–N with tert-alkyl or cyclic N) is 2. The largest absolute Gasteiger partial charge is 0.464 e. The number of aliphatic hydroxyl groups excluding tert-OH is 4. The highest BCUT2D eigenvalue weighted by atomic mass is 16.5. The molecule has 0 bridgehead atoms. The second kappa shape index (κ2) is 16.0. The molecule has 4 saturated carbocycles. The standard InChI is InChI=1S/C39H67NO8/c1-24(2)7-6-8-25(3)29-11-12-30-28-10-9-26-21-27(15-17-38(26,4)31(28)16-18-39(29,30)5)48-35(44)14-13-34(43)47-23-32-36(45)37(46)33(42)22-40(32)19-20-41/h24-33,36-37,41-42,45-46H,6-23H2,1-5H3/t25-,26?,27+,28+,29-,30+,31+,32-,33+,36-,37-,38+,39-/m1/s1. The van der Waals surface area contributed by atoms with E-state index >= 15 is 0 Å². The third-order valence-electron chi connectivity index (χ3n) is 14.5. The Hall–Kier alpha value is -1.26. The first-order valence-electron chi connectivity index (χ1n) is 19.5. The molecule has 5 aliphatic rings. The van der Waals surface area contributed by atoms with Gasteiger partial charge in [-0.25, -0.2) is 0 Å². The Morgan fingerprint density at radius 3 is 2.29 bits per heavy atom. The molecule has 9 nitrogen and oxygen atoms in total. The number of esters is 2. The van der Waals surface area contributed by atoms with E-state index in [1.54, 1.807) is 4.90 Å². The Morgan fingerprint density at radius 1 is 0.854 bits per heavy atom. The van der Waals surface area contributed by atoms with E-state index in [0.717, 1.165) is 54.8 Å². The molecule has 0 aromatic heterocycles. The average molecular weight is 678 g/mol. The van der Waals surface area contributed by atoms with Crippen LogP contribution in [0.2, 0.25) is 0 Å². The van der Waals surface area contributed by atoms with Gasteiger partial charge < -0.3 is 29.9 Å². The van der Waals surface area contributed by atoms with E-state index in [-0.39, 0.29) is 51.2 Å². The summed E-state index contributed by atoms with van der Waals surface area (Å²) >= 11 is 0. The van der Waals surface area contributed by atoms with Gasteiger partial charge in [-0.15, -0.1) is 0 Å². The van der Waals surface area contributed by atoms with Crippen LogP contribution in [0.15, 0.2) is 0 Å². The van der Waals surface area contributed by atoms with Crippen LogP contribution >= 0.6 is 0 Å². The van der Waals surface area contributed by atoms with Crippen LogP contribution in [-0.4, -0.2) is 94.0 Å². The predicted molar refractivity (Wildman–Crippen MR) is 184 cm³/mol. The van der Waals surface area contributed by atoms with E-state index in [1.165, 1.54) is 57.8 Å². The number of aliphatic hydroxyl groups is 4. The molecule has 1 unspecified atom stereocenters. The summed E-state index contributed by atoms with van der Waals surface area (Å²) < 4.78 is 11.3. The van der Waals surface area contributed by atoms with E-state index in [9.17, 15) is 30.0 Å². The molecule has 1 heterocycles. The highest BCUT2D eigenvalue weighted by molar-refractivity contribution is 5.77. The first-order valence-corrected chi connectivity index (χ1v) is 19.5. The maximum atomic E-state index is 12.8. The SMILES string of the molecule is CC(C)CCC[C@@H](C)[C@H]1CC[C@H]2[C@@H]3CCC4C[C@@H](OC(=O)CCC(=O)OC[C@@H]5[C@@H](O)[C@H](O)[C@@H](O)CN5CCO)CC[C@]4(C)[C@H]3CC[C@]12C. The molecule has 0 amide bonds. The summed E-state index contributed by atoms with van der Waals surface area (Å²) in [6, 6.07) is -0.755. The Kier molecular flexibility index (Phi) is 12.6. The van der Waals surface area contributed by atoms with Gasteiger partial charge in [-0.05, 0) is 110 Å². The Labute approximate surface area is 289 Å². The lowest BCUT2D eigenvalue weighted by Crippen LogP contribution is -2.63. The molecular weight excluding hydrogens is 610 g/mol. The van der Waals surface area contributed by atoms with Gasteiger partial charge >= 0.3 is 11.9 Å². The number of fused-ring (bicyclic) bond motifs is 5. The lowest BCUT2D eigenvalue weighted by atomic mass is 9.44. The molecule has 0 aromatic carbocycles. The van der Waals surface area contributed by atoms with Gasteiger partial charge in [0.15, 0.2) is 0 Å². The normalized spacial score (nSPS) is 42.0. The molecular formula is C39H67NO8. The molecule has 5 rings (SSSR count). The fourth-order valence-electron chi connectivity index (χ4n) is 11.8. The van der Waals surface area contributed by atoms with Crippen molar-refractivity contribution in [3.63, 3.8) is 0 Å². The van der Waals surface area contributed by atoms with Crippen molar-refractivity contribution < 1.29 is 39.5 Å². The molecule has 13 atom stereocenters. The molecule has 0 spiro atoms. The number of piperidine rings is 1. The number of carbonyl (C=O) groups excluding carboxylic acids is 2. The van der Waals surface area contributed by atoms with Crippen LogP contribution in [-0.2, 0) is 19.1 Å². The van der Waals surface area contributed by atoms with Crippen molar-refractivity contribution in [2.75, 3.05) is 26.3 Å². The molecule has 9 heteroatoms. The number of nitrogens with zero attached hydrogens (tertiary/aromatic N) is 1. The Bertz CT molecular complexity index is 1090. The van der Waals surface area contributed by atoms with Crippen molar-refractivity contribution in [1.29, 1.82) is 0 Å². The molecule has 0 radical (unpaired) electrons. The van der Waals surface area contributed by atoms with Crippen molar-refractivity contribution in [2.24, 2.45) is 52.3 Å². The zero-order valence-electron chi connectivity index (χ0n) is 30.5. The molecule has 5 fully saturated rings. The zero-order chi connectivity index (χ0) is 34.8. The third kappa shape index (κ3) is 7.95. The molecule has 0 aromatic rings. The van der Waals surface area contributed by atoms with Gasteiger partial charge in [0.05, 0.1) is 31.6 Å². The van der Waals surface area contributed by atoms with Crippen molar-refractivity contribution in [3.05, 3.63) is 0 Å². The van der Waals surface area contributed by atoms with Gasteiger partial charge in [-0.1, -0.05) is 53.9 Å². The lowest BCUT2D eigenvalue weighted by molar-refractivity contribution is -0.168. The summed E-state index contributed by atoms with van der Waals surface area (Å²) in [7, 11) is 0. The second-order valence-corrected chi connectivity index (χ2v) is 17.6. The monoisotopic (exact) mass is 677 g/mol. The Morgan fingerprint density at radius 2 is 1.56 bits per heavy atom. The first-order chi connectivity index (χ1) is 22.8. The number of likely N-dealkylation sites (tertiary alicyclic amines) is 1. The summed E-state index contributed by atoms with van der Waals surface area (Å²) in [6.07, 6.45) is 11.0. The van der Waals surface area contributed by atoms with E-state index in [2.05, 4.69) is 34.6 Å². The zero-order valence-corrected chi connectivity index (χ0v) is 30.5. The maximum Gasteiger partial charge on any atom is 0.306 e. The quantitative estimate of drug-likeness (QED) is 0.196. The van der Waals surface area contributed by atoms with Crippen molar-refractivity contribution >= 4 is 11.9 Å². The Balaban J connectivity index is 1.07. The average Bonchev–Trinajstić information content (AvgIpc) is 3.40. The molecule has 1 saturated heterocycles. The first kappa shape index (κ1) is 38.0. The number of rotatable bonds is 13. The molecule has 48 heavy (non-hydrogen) atoms. The second-order valence-electron chi connectivity index (χ2n) is 17.6. The van der Waals surface area contributed by atoms with Crippen LogP contribution < -0.4 is 0 Å². The van der Waals surface area contributed by atoms with E-state index in [0.29, 0.717) is 16.7 Å². The van der Waals surface area contributed by atoms with E-state index < -0.39 is 30.3 Å². The number of hydrogen-bond donors (Lipinski definition) is 4. The van der Waals surface area contributed by atoms with E-state index in [4.69, 9.17) is 9.47 Å². The molecule has 4 aliphatic carbocycles. The number of carbonyl (C=O) groups is 2. The van der Waals surface area contributed by atoms with Crippen LogP contribution in [0.25, 0.3) is 0 Å². The highest BCUT2D eigenvalue weighted by Crippen LogP contribution is 2.68. The third-order valence-corrected chi connectivity index (χ3v) is 14.5. The van der Waals surface area contributed by atoms with Crippen molar-refractivity contribution in [1.82, 2.24) is 4.90 Å². The van der Waals surface area contributed by atoms with Crippen LogP contribution in [0.3, 0.4) is 0 Å². The van der Waals surface area contributed by atoms with Gasteiger partial charge in [0, 0.05) is 13.1 Å². The van der Waals surface area contributed by atoms with Crippen LogP contribution in [0.4, 0.5) is 0 Å².